The summed E-state index contributed by atoms with van der Waals surface area (Å²) in [5.41, 5.74) is 0. The van der Waals surface area contributed by atoms with Gasteiger partial charge in [-0.2, -0.15) is 5.10 Å². The number of nitrogens with zero attached hydrogens (tertiary/aromatic N) is 3. The standard InChI is InChI=1S/C7H8ClN3/c1-3-7-10-6(8)4-5-11(7)9-2/h3-5H,2H2,1H3/b7-3-. The van der Waals surface area contributed by atoms with Crippen LogP contribution in [0.2, 0.25) is 0 Å². The molecule has 0 saturated heterocycles. The quantitative estimate of drug-likeness (QED) is 0.552. The van der Waals surface area contributed by atoms with E-state index in [4.69, 9.17) is 11.6 Å². The second kappa shape index (κ2) is 3.34. The van der Waals surface area contributed by atoms with Gasteiger partial charge in [0, 0.05) is 12.9 Å². The van der Waals surface area contributed by atoms with Gasteiger partial charge in [0.05, 0.1) is 0 Å². The van der Waals surface area contributed by atoms with Gasteiger partial charge in [0.1, 0.15) is 5.17 Å². The third kappa shape index (κ3) is 1.68. The fourth-order valence-corrected chi connectivity index (χ4v) is 0.866. The van der Waals surface area contributed by atoms with Crippen molar-refractivity contribution in [2.75, 3.05) is 0 Å². The molecule has 3 nitrogen and oxygen atoms in total. The summed E-state index contributed by atoms with van der Waals surface area (Å²) in [5, 5.41) is 5.70. The van der Waals surface area contributed by atoms with E-state index in [0.717, 1.165) is 0 Å². The van der Waals surface area contributed by atoms with Gasteiger partial charge in [-0.25, -0.2) is 10.0 Å². The maximum atomic E-state index is 5.65. The van der Waals surface area contributed by atoms with Crippen molar-refractivity contribution in [3.63, 3.8) is 0 Å². The van der Waals surface area contributed by atoms with E-state index in [2.05, 4.69) is 16.8 Å². The molecule has 58 valence electrons. The zero-order valence-electron chi connectivity index (χ0n) is 6.16. The fourth-order valence-electron chi connectivity index (χ4n) is 0.723. The Bertz CT molecular complexity index is 252. The molecule has 0 N–H and O–H groups in total. The van der Waals surface area contributed by atoms with Crippen LogP contribution >= 0.6 is 11.6 Å². The summed E-state index contributed by atoms with van der Waals surface area (Å²) in [6.07, 6.45) is 5.17. The molecule has 0 aromatic rings. The number of hydrogen-bond donors (Lipinski definition) is 0. The molecule has 11 heavy (non-hydrogen) atoms. The maximum absolute atomic E-state index is 5.65. The van der Waals surface area contributed by atoms with Gasteiger partial charge in [0.25, 0.3) is 0 Å². The normalized spacial score (nSPS) is 20.4. The monoisotopic (exact) mass is 169 g/mol. The van der Waals surface area contributed by atoms with E-state index >= 15 is 0 Å². The van der Waals surface area contributed by atoms with Crippen LogP contribution < -0.4 is 0 Å². The van der Waals surface area contributed by atoms with Crippen LogP contribution in [0.1, 0.15) is 6.92 Å². The van der Waals surface area contributed by atoms with Gasteiger partial charge in [0.15, 0.2) is 5.82 Å². The minimum atomic E-state index is 0.456. The maximum Gasteiger partial charge on any atom is 0.150 e. The van der Waals surface area contributed by atoms with Gasteiger partial charge in [-0.3, -0.25) is 0 Å². The van der Waals surface area contributed by atoms with Crippen LogP contribution in [0.3, 0.4) is 0 Å². The number of rotatable bonds is 1. The summed E-state index contributed by atoms with van der Waals surface area (Å²) < 4.78 is 0. The van der Waals surface area contributed by atoms with Crippen LogP contribution in [0.5, 0.6) is 0 Å². The first-order valence-electron chi connectivity index (χ1n) is 3.12. The molecule has 0 radical (unpaired) electrons. The van der Waals surface area contributed by atoms with Crippen molar-refractivity contribution in [3.8, 4) is 0 Å². The first-order valence-corrected chi connectivity index (χ1v) is 3.50. The Labute approximate surface area is 70.4 Å². The second-order valence-electron chi connectivity index (χ2n) is 1.88. The zero-order chi connectivity index (χ0) is 8.27. The topological polar surface area (TPSA) is 28.0 Å². The third-order valence-corrected chi connectivity index (χ3v) is 1.43. The lowest BCUT2D eigenvalue weighted by atomic mass is 10.5. The summed E-state index contributed by atoms with van der Waals surface area (Å²) in [6.45, 7) is 5.24. The number of allylic oxidation sites excluding steroid dienone is 2. The van der Waals surface area contributed by atoms with Gasteiger partial charge in [-0.1, -0.05) is 11.6 Å². The van der Waals surface area contributed by atoms with Crippen molar-refractivity contribution in [2.24, 2.45) is 10.1 Å². The lowest BCUT2D eigenvalue weighted by Crippen LogP contribution is -2.11. The molecule has 0 aromatic heterocycles. The Balaban J connectivity index is 2.92. The average molecular weight is 170 g/mol. The number of aliphatic imine (C=N–C) groups is 1. The van der Waals surface area contributed by atoms with Crippen LogP contribution in [0, 0.1) is 0 Å². The molecule has 0 aliphatic carbocycles. The molecule has 0 bridgehead atoms. The molecular weight excluding hydrogens is 162 g/mol. The number of hydrogen-bond acceptors (Lipinski definition) is 3. The van der Waals surface area contributed by atoms with E-state index < -0.39 is 0 Å². The van der Waals surface area contributed by atoms with Crippen LogP contribution in [0.4, 0.5) is 0 Å². The molecule has 1 aliphatic heterocycles. The molecule has 1 heterocycles. The van der Waals surface area contributed by atoms with Crippen LogP contribution in [-0.4, -0.2) is 16.9 Å². The van der Waals surface area contributed by atoms with Gasteiger partial charge < -0.3 is 0 Å². The van der Waals surface area contributed by atoms with Gasteiger partial charge >= 0.3 is 0 Å². The van der Waals surface area contributed by atoms with Crippen LogP contribution in [0.15, 0.2) is 34.3 Å². The molecule has 0 unspecified atom stereocenters. The van der Waals surface area contributed by atoms with Crippen molar-refractivity contribution in [3.05, 3.63) is 24.2 Å². The first kappa shape index (κ1) is 8.01. The summed E-state index contributed by atoms with van der Waals surface area (Å²) in [6, 6.07) is 0. The Morgan fingerprint density at radius 3 is 3.09 bits per heavy atom. The van der Waals surface area contributed by atoms with Crippen molar-refractivity contribution >= 4 is 23.5 Å². The highest BCUT2D eigenvalue weighted by molar-refractivity contribution is 6.68. The summed E-state index contributed by atoms with van der Waals surface area (Å²) >= 11 is 5.65. The van der Waals surface area contributed by atoms with Crippen molar-refractivity contribution in [1.29, 1.82) is 0 Å². The predicted octanol–water partition coefficient (Wildman–Crippen LogP) is 1.93. The Kier molecular flexibility index (Phi) is 2.44. The van der Waals surface area contributed by atoms with Crippen molar-refractivity contribution in [2.45, 2.75) is 6.92 Å². The lowest BCUT2D eigenvalue weighted by Gasteiger charge is -2.16. The Morgan fingerprint density at radius 2 is 2.55 bits per heavy atom. The fraction of sp³-hybridized carbons (Fsp3) is 0.143. The summed E-state index contributed by atoms with van der Waals surface area (Å²) in [5.74, 6) is 0.688. The summed E-state index contributed by atoms with van der Waals surface area (Å²) in [7, 11) is 0. The van der Waals surface area contributed by atoms with E-state index in [9.17, 15) is 0 Å². The van der Waals surface area contributed by atoms with Crippen molar-refractivity contribution in [1.82, 2.24) is 5.01 Å². The molecule has 1 rings (SSSR count). The van der Waals surface area contributed by atoms with Crippen LogP contribution in [-0.2, 0) is 0 Å². The number of halogens is 1. The molecule has 1 aliphatic rings. The molecule has 0 amide bonds. The Hall–Kier alpha value is -1.09. The van der Waals surface area contributed by atoms with Crippen LogP contribution in [0.25, 0.3) is 0 Å². The SMILES string of the molecule is C=NN1C=CC(Cl)=N/C1=C/C. The van der Waals surface area contributed by atoms with E-state index in [1.807, 2.05) is 6.92 Å². The predicted molar refractivity (Wildman–Crippen MR) is 47.6 cm³/mol. The van der Waals surface area contributed by atoms with E-state index in [0.29, 0.717) is 11.0 Å². The van der Waals surface area contributed by atoms with E-state index in [1.165, 1.54) is 0 Å². The molecule has 0 spiro atoms. The zero-order valence-corrected chi connectivity index (χ0v) is 6.91. The second-order valence-corrected chi connectivity index (χ2v) is 2.27. The largest absolute Gasteiger partial charge is 0.224 e. The smallest absolute Gasteiger partial charge is 0.150 e. The van der Waals surface area contributed by atoms with Gasteiger partial charge in [-0.05, 0) is 19.1 Å². The highest BCUT2D eigenvalue weighted by Gasteiger charge is 2.06. The highest BCUT2D eigenvalue weighted by Crippen LogP contribution is 2.13. The minimum absolute atomic E-state index is 0.456. The van der Waals surface area contributed by atoms with Crippen molar-refractivity contribution < 1.29 is 0 Å². The molecule has 0 saturated carbocycles. The molecule has 4 heteroatoms. The van der Waals surface area contributed by atoms with E-state index in [-0.39, 0.29) is 0 Å². The lowest BCUT2D eigenvalue weighted by molar-refractivity contribution is 0.493. The minimum Gasteiger partial charge on any atom is -0.224 e. The molecule has 0 fully saturated rings. The molecule has 0 atom stereocenters. The third-order valence-electron chi connectivity index (χ3n) is 1.22. The van der Waals surface area contributed by atoms with E-state index in [1.54, 1.807) is 23.4 Å². The highest BCUT2D eigenvalue weighted by atomic mass is 35.5. The molecule has 0 aromatic carbocycles. The Morgan fingerprint density at radius 1 is 1.82 bits per heavy atom. The number of hydrazone groups is 1. The first-order chi connectivity index (χ1) is 5.27. The van der Waals surface area contributed by atoms with Gasteiger partial charge in [0.2, 0.25) is 0 Å². The molecular formula is C7H8ClN3. The summed E-state index contributed by atoms with van der Waals surface area (Å²) in [4.78, 5) is 4.00. The van der Waals surface area contributed by atoms with Gasteiger partial charge in [-0.15, -0.1) is 0 Å². The average Bonchev–Trinajstić information content (AvgIpc) is 2.04.